The highest BCUT2D eigenvalue weighted by molar-refractivity contribution is 7.17. The molecule has 0 atom stereocenters. The van der Waals surface area contributed by atoms with E-state index in [1.54, 1.807) is 0 Å². The minimum atomic E-state index is -0.563. The van der Waals surface area contributed by atoms with E-state index in [4.69, 9.17) is 4.74 Å². The number of thiazole rings is 1. The van der Waals surface area contributed by atoms with E-state index in [1.807, 2.05) is 14.1 Å². The summed E-state index contributed by atoms with van der Waals surface area (Å²) >= 11 is 1.26. The zero-order valence-corrected chi connectivity index (χ0v) is 14.1. The van der Waals surface area contributed by atoms with E-state index in [0.717, 1.165) is 26.1 Å². The summed E-state index contributed by atoms with van der Waals surface area (Å²) in [5, 5.41) is 0.698. The molecule has 0 unspecified atom stereocenters. The van der Waals surface area contributed by atoms with Crippen molar-refractivity contribution < 1.29 is 14.3 Å². The van der Waals surface area contributed by atoms with E-state index < -0.39 is 5.97 Å². The third kappa shape index (κ3) is 4.78. The lowest BCUT2D eigenvalue weighted by atomic mass is 10.3. The number of ether oxygens (including phenoxy) is 1. The molecule has 1 aromatic rings. The zero-order chi connectivity index (χ0) is 16.0. The number of nitrogens with zero attached hydrogens (tertiary/aromatic N) is 3. The molecule has 0 saturated carbocycles. The molecule has 1 heterocycles. The predicted octanol–water partition coefficient (Wildman–Crippen LogP) is 1.91. The molecule has 0 aliphatic carbocycles. The fourth-order valence-corrected chi connectivity index (χ4v) is 2.81. The molecule has 0 radical (unpaired) electrons. The molecule has 0 aliphatic heterocycles. The number of carbonyl (C=O) groups excluding carboxylic acids is 2. The maximum Gasteiger partial charge on any atom is 0.358 e. The first-order valence-electron chi connectivity index (χ1n) is 6.90. The van der Waals surface area contributed by atoms with Gasteiger partial charge in [0, 0.05) is 26.6 Å². The highest BCUT2D eigenvalue weighted by Gasteiger charge is 2.24. The van der Waals surface area contributed by atoms with Crippen LogP contribution in [0.15, 0.2) is 0 Å². The van der Waals surface area contributed by atoms with E-state index in [2.05, 4.69) is 21.7 Å². The number of hydrogen-bond donors (Lipinski definition) is 0. The number of likely N-dealkylation sites (N-methyl/N-ethyl adjacent to an activating group) is 1. The van der Waals surface area contributed by atoms with Gasteiger partial charge in [-0.25, -0.2) is 9.78 Å². The van der Waals surface area contributed by atoms with Crippen molar-refractivity contribution in [3.05, 3.63) is 10.6 Å². The van der Waals surface area contributed by atoms with Crippen LogP contribution in [0.3, 0.4) is 0 Å². The van der Waals surface area contributed by atoms with Crippen molar-refractivity contribution in [3.63, 3.8) is 0 Å². The van der Waals surface area contributed by atoms with Gasteiger partial charge in [-0.05, 0) is 20.5 Å². The molecule has 0 fully saturated rings. The smallest absolute Gasteiger partial charge is 0.358 e. The van der Waals surface area contributed by atoms with E-state index >= 15 is 0 Å². The van der Waals surface area contributed by atoms with Crippen LogP contribution in [-0.4, -0.2) is 62.5 Å². The second kappa shape index (κ2) is 8.09. The van der Waals surface area contributed by atoms with Gasteiger partial charge >= 0.3 is 5.97 Å². The van der Waals surface area contributed by atoms with Gasteiger partial charge in [-0.2, -0.15) is 0 Å². The predicted molar refractivity (Wildman–Crippen MR) is 84.5 cm³/mol. The number of rotatable bonds is 8. The molecule has 1 aromatic heterocycles. The van der Waals surface area contributed by atoms with Crippen molar-refractivity contribution in [3.8, 4) is 0 Å². The molecule has 0 aliphatic rings. The van der Waals surface area contributed by atoms with Gasteiger partial charge in [0.1, 0.15) is 4.88 Å². The lowest BCUT2D eigenvalue weighted by Gasteiger charge is -2.23. The van der Waals surface area contributed by atoms with E-state index in [9.17, 15) is 9.59 Å². The maximum absolute atomic E-state index is 11.7. The Bertz CT molecular complexity index is 500. The number of aromatic nitrogens is 1. The number of ketones is 1. The summed E-state index contributed by atoms with van der Waals surface area (Å²) < 4.78 is 4.70. The first kappa shape index (κ1) is 17.6. The highest BCUT2D eigenvalue weighted by atomic mass is 32.1. The lowest BCUT2D eigenvalue weighted by molar-refractivity contribution is 0.0591. The third-order valence-electron chi connectivity index (χ3n) is 2.90. The number of anilines is 1. The van der Waals surface area contributed by atoms with Crippen molar-refractivity contribution in [1.82, 2.24) is 9.88 Å². The molecule has 21 heavy (non-hydrogen) atoms. The summed E-state index contributed by atoms with van der Waals surface area (Å²) in [6, 6.07) is 0. The largest absolute Gasteiger partial charge is 0.464 e. The fraction of sp³-hybridized carbons (Fsp3) is 0.643. The van der Waals surface area contributed by atoms with Crippen molar-refractivity contribution in [2.24, 2.45) is 0 Å². The third-order valence-corrected chi connectivity index (χ3v) is 4.11. The van der Waals surface area contributed by atoms with E-state index in [0.29, 0.717) is 10.0 Å². The summed E-state index contributed by atoms with van der Waals surface area (Å²) in [6.07, 6.45) is 0.968. The number of esters is 1. The van der Waals surface area contributed by atoms with E-state index in [-0.39, 0.29) is 11.5 Å². The molecule has 0 amide bonds. The van der Waals surface area contributed by atoms with Gasteiger partial charge in [-0.3, -0.25) is 4.79 Å². The quantitative estimate of drug-likeness (QED) is 0.540. The van der Waals surface area contributed by atoms with Gasteiger partial charge in [0.25, 0.3) is 0 Å². The first-order valence-corrected chi connectivity index (χ1v) is 7.72. The minimum Gasteiger partial charge on any atom is -0.464 e. The molecule has 0 aromatic carbocycles. The summed E-state index contributed by atoms with van der Waals surface area (Å²) in [6.45, 7) is 6.03. The molecule has 118 valence electrons. The molecule has 0 spiro atoms. The van der Waals surface area contributed by atoms with Crippen LogP contribution in [0.25, 0.3) is 0 Å². The fourth-order valence-electron chi connectivity index (χ4n) is 1.81. The van der Waals surface area contributed by atoms with Crippen molar-refractivity contribution in [1.29, 1.82) is 0 Å². The van der Waals surface area contributed by atoms with Gasteiger partial charge in [-0.15, -0.1) is 0 Å². The molecule has 0 N–H and O–H groups in total. The molecule has 1 rings (SSSR count). The van der Waals surface area contributed by atoms with Crippen molar-refractivity contribution >= 4 is 28.2 Å². The van der Waals surface area contributed by atoms with Gasteiger partial charge in [-0.1, -0.05) is 18.3 Å². The molecule has 0 saturated heterocycles. The van der Waals surface area contributed by atoms with Crippen LogP contribution in [0.1, 0.15) is 40.4 Å². The average Bonchev–Trinajstić information content (AvgIpc) is 2.87. The van der Waals surface area contributed by atoms with Gasteiger partial charge in [0.05, 0.1) is 7.11 Å². The number of carbonyl (C=O) groups is 2. The van der Waals surface area contributed by atoms with Gasteiger partial charge < -0.3 is 14.5 Å². The van der Waals surface area contributed by atoms with Crippen molar-refractivity contribution in [2.75, 3.05) is 45.7 Å². The summed E-state index contributed by atoms with van der Waals surface area (Å²) in [5.41, 5.74) is 0.121. The second-order valence-electron chi connectivity index (χ2n) is 5.01. The number of Topliss-reactive ketones (excluding diaryl/α,β-unsaturated/α-hetero) is 1. The SMILES string of the molecule is CCCN(CCN(C)C)c1nc(C(=O)OC)c(C(C)=O)s1. The zero-order valence-electron chi connectivity index (χ0n) is 13.3. The highest BCUT2D eigenvalue weighted by Crippen LogP contribution is 2.27. The second-order valence-corrected chi connectivity index (χ2v) is 5.99. The van der Waals surface area contributed by atoms with Crippen LogP contribution in [0.4, 0.5) is 5.13 Å². The normalized spacial score (nSPS) is 10.8. The standard InChI is InChI=1S/C14H23N3O3S/c1-6-7-17(9-8-16(3)4)14-15-11(13(19)20-5)12(21-14)10(2)18/h6-9H2,1-5H3. The van der Waals surface area contributed by atoms with Crippen LogP contribution in [0.2, 0.25) is 0 Å². The summed E-state index contributed by atoms with van der Waals surface area (Å²) in [4.78, 5) is 32.3. The Morgan fingerprint density at radius 2 is 1.90 bits per heavy atom. The first-order chi connectivity index (χ1) is 9.90. The summed E-state index contributed by atoms with van der Waals surface area (Å²) in [7, 11) is 5.31. The van der Waals surface area contributed by atoms with Crippen LogP contribution in [0, 0.1) is 0 Å². The van der Waals surface area contributed by atoms with E-state index in [1.165, 1.54) is 25.4 Å². The average molecular weight is 313 g/mol. The number of hydrogen-bond acceptors (Lipinski definition) is 7. The molecule has 6 nitrogen and oxygen atoms in total. The minimum absolute atomic E-state index is 0.121. The van der Waals surface area contributed by atoms with Gasteiger partial charge in [0.15, 0.2) is 16.6 Å². The topological polar surface area (TPSA) is 62.7 Å². The van der Waals surface area contributed by atoms with Crippen molar-refractivity contribution in [2.45, 2.75) is 20.3 Å². The van der Waals surface area contributed by atoms with Crippen LogP contribution in [-0.2, 0) is 4.74 Å². The Kier molecular flexibility index (Phi) is 6.77. The Morgan fingerprint density at radius 1 is 1.24 bits per heavy atom. The Morgan fingerprint density at radius 3 is 2.38 bits per heavy atom. The molecule has 7 heteroatoms. The Hall–Kier alpha value is -1.47. The summed E-state index contributed by atoms with van der Waals surface area (Å²) in [5.74, 6) is -0.727. The van der Waals surface area contributed by atoms with Crippen LogP contribution < -0.4 is 4.90 Å². The van der Waals surface area contributed by atoms with Gasteiger partial charge in [0.2, 0.25) is 0 Å². The molecular formula is C14H23N3O3S. The maximum atomic E-state index is 11.7. The molecule has 0 bridgehead atoms. The lowest BCUT2D eigenvalue weighted by Crippen LogP contribution is -2.32. The molecular weight excluding hydrogens is 290 g/mol. The van der Waals surface area contributed by atoms with Crippen LogP contribution >= 0.6 is 11.3 Å². The Labute approximate surface area is 129 Å². The monoisotopic (exact) mass is 313 g/mol. The van der Waals surface area contributed by atoms with Crippen LogP contribution in [0.5, 0.6) is 0 Å². The number of methoxy groups -OCH3 is 1. The Balaban J connectivity index is 3.08.